The van der Waals surface area contributed by atoms with Crippen molar-refractivity contribution < 1.29 is 9.53 Å². The number of benzene rings is 1. The van der Waals surface area contributed by atoms with Gasteiger partial charge >= 0.3 is 0 Å². The molecule has 0 saturated carbocycles. The summed E-state index contributed by atoms with van der Waals surface area (Å²) in [7, 11) is 3.58. The lowest BCUT2D eigenvalue weighted by molar-refractivity contribution is -0.132. The van der Waals surface area contributed by atoms with Gasteiger partial charge in [-0.2, -0.15) is 0 Å². The molecule has 0 spiro atoms. The van der Waals surface area contributed by atoms with E-state index in [4.69, 9.17) is 4.74 Å². The number of nitrogens with zero attached hydrogens (tertiary/aromatic N) is 1. The maximum absolute atomic E-state index is 12.3. The first-order chi connectivity index (χ1) is 10.1. The molecule has 1 aromatic rings. The number of ether oxygens (including phenoxy) is 1. The Bertz CT molecular complexity index is 493. The Morgan fingerprint density at radius 3 is 2.68 bits per heavy atom. The molecule has 1 heterocycles. The number of methoxy groups -OCH3 is 1. The summed E-state index contributed by atoms with van der Waals surface area (Å²) in [5, 5.41) is 3.33. The van der Waals surface area contributed by atoms with Crippen LogP contribution in [0.5, 0.6) is 5.75 Å². The number of carbonyl (C=O) groups excluding carboxylic acids is 1. The average molecular weight is 392 g/mol. The number of rotatable bonds is 5. The van der Waals surface area contributed by atoms with E-state index in [1.54, 1.807) is 7.11 Å². The minimum atomic E-state index is 0. The molecular formula is C16H24BrClN2O2. The molecule has 0 bridgehead atoms. The second kappa shape index (κ2) is 9.38. The predicted molar refractivity (Wildman–Crippen MR) is 94.9 cm³/mol. The summed E-state index contributed by atoms with van der Waals surface area (Å²) in [6.07, 6.45) is 3.42. The van der Waals surface area contributed by atoms with E-state index in [0.717, 1.165) is 48.1 Å². The molecule has 1 aliphatic heterocycles. The molecule has 0 aromatic heterocycles. The normalized spacial score (nSPS) is 15.0. The zero-order valence-corrected chi connectivity index (χ0v) is 15.5. The van der Waals surface area contributed by atoms with Crippen LogP contribution < -0.4 is 10.1 Å². The Kier molecular flexibility index (Phi) is 8.21. The van der Waals surface area contributed by atoms with Gasteiger partial charge in [0.25, 0.3) is 0 Å². The van der Waals surface area contributed by atoms with Crippen LogP contribution in [0, 0.1) is 0 Å². The van der Waals surface area contributed by atoms with Crippen molar-refractivity contribution in [3.05, 3.63) is 28.2 Å². The average Bonchev–Trinajstić information content (AvgIpc) is 2.52. The number of amides is 1. The highest BCUT2D eigenvalue weighted by atomic mass is 79.9. The van der Waals surface area contributed by atoms with Gasteiger partial charge in [0.05, 0.1) is 11.6 Å². The van der Waals surface area contributed by atoms with Crippen LogP contribution in [0.2, 0.25) is 0 Å². The van der Waals surface area contributed by atoms with Crippen molar-refractivity contribution in [2.24, 2.45) is 0 Å². The van der Waals surface area contributed by atoms with Crippen molar-refractivity contribution in [2.45, 2.75) is 31.7 Å². The molecule has 1 saturated heterocycles. The molecule has 1 aliphatic rings. The minimum Gasteiger partial charge on any atom is -0.496 e. The van der Waals surface area contributed by atoms with Gasteiger partial charge in [0.1, 0.15) is 5.75 Å². The van der Waals surface area contributed by atoms with Gasteiger partial charge in [-0.1, -0.05) is 6.07 Å². The minimum absolute atomic E-state index is 0. The summed E-state index contributed by atoms with van der Waals surface area (Å²) >= 11 is 3.48. The third-order valence-electron chi connectivity index (χ3n) is 4.09. The first kappa shape index (κ1) is 19.3. The summed E-state index contributed by atoms with van der Waals surface area (Å²) < 4.78 is 6.15. The Balaban J connectivity index is 0.00000242. The van der Waals surface area contributed by atoms with E-state index in [0.29, 0.717) is 12.5 Å². The predicted octanol–water partition coefficient (Wildman–Crippen LogP) is 3.02. The van der Waals surface area contributed by atoms with Gasteiger partial charge in [-0.25, -0.2) is 0 Å². The second-order valence-corrected chi connectivity index (χ2v) is 6.31. The van der Waals surface area contributed by atoms with Crippen molar-refractivity contribution in [1.82, 2.24) is 10.2 Å². The van der Waals surface area contributed by atoms with Gasteiger partial charge in [0.2, 0.25) is 5.91 Å². The topological polar surface area (TPSA) is 41.6 Å². The Morgan fingerprint density at radius 1 is 1.41 bits per heavy atom. The highest BCUT2D eigenvalue weighted by Crippen LogP contribution is 2.26. The molecule has 1 aromatic carbocycles. The van der Waals surface area contributed by atoms with Crippen molar-refractivity contribution in [3.8, 4) is 5.75 Å². The molecule has 1 fully saturated rings. The fourth-order valence-electron chi connectivity index (χ4n) is 2.69. The number of hydrogen-bond donors (Lipinski definition) is 1. The summed E-state index contributed by atoms with van der Waals surface area (Å²) in [5.74, 6) is 1.05. The molecule has 22 heavy (non-hydrogen) atoms. The van der Waals surface area contributed by atoms with E-state index in [-0.39, 0.29) is 18.3 Å². The van der Waals surface area contributed by atoms with Crippen molar-refractivity contribution >= 4 is 34.2 Å². The van der Waals surface area contributed by atoms with Crippen molar-refractivity contribution in [3.63, 3.8) is 0 Å². The van der Waals surface area contributed by atoms with Gasteiger partial charge in [0, 0.05) is 19.5 Å². The first-order valence-electron chi connectivity index (χ1n) is 7.40. The second-order valence-electron chi connectivity index (χ2n) is 5.45. The van der Waals surface area contributed by atoms with E-state index < -0.39 is 0 Å². The van der Waals surface area contributed by atoms with E-state index in [1.165, 1.54) is 0 Å². The summed E-state index contributed by atoms with van der Waals surface area (Å²) in [6.45, 7) is 2.02. The van der Waals surface area contributed by atoms with Crippen LogP contribution in [0.4, 0.5) is 0 Å². The first-order valence-corrected chi connectivity index (χ1v) is 8.20. The summed E-state index contributed by atoms with van der Waals surface area (Å²) in [5.41, 5.74) is 1.15. The largest absolute Gasteiger partial charge is 0.496 e. The number of piperidine rings is 1. The number of hydrogen-bond acceptors (Lipinski definition) is 3. The molecular weight excluding hydrogens is 368 g/mol. The zero-order chi connectivity index (χ0) is 15.2. The van der Waals surface area contributed by atoms with Gasteiger partial charge in [-0.3, -0.25) is 4.79 Å². The van der Waals surface area contributed by atoms with Crippen LogP contribution in [-0.4, -0.2) is 44.1 Å². The van der Waals surface area contributed by atoms with Crippen LogP contribution in [0.15, 0.2) is 22.7 Å². The molecule has 0 unspecified atom stereocenters. The van der Waals surface area contributed by atoms with Crippen LogP contribution in [-0.2, 0) is 11.2 Å². The number of halogens is 2. The van der Waals surface area contributed by atoms with E-state index in [1.807, 2.05) is 30.1 Å². The van der Waals surface area contributed by atoms with Crippen LogP contribution in [0.25, 0.3) is 0 Å². The molecule has 6 heteroatoms. The quantitative estimate of drug-likeness (QED) is 0.839. The number of carbonyl (C=O) groups is 1. The Morgan fingerprint density at radius 2 is 2.09 bits per heavy atom. The molecule has 1 amide bonds. The van der Waals surface area contributed by atoms with Crippen LogP contribution >= 0.6 is 28.3 Å². The van der Waals surface area contributed by atoms with E-state index in [9.17, 15) is 4.79 Å². The van der Waals surface area contributed by atoms with E-state index in [2.05, 4.69) is 21.2 Å². The smallest absolute Gasteiger partial charge is 0.222 e. The lowest BCUT2D eigenvalue weighted by atomic mass is 10.0. The van der Waals surface area contributed by atoms with Crippen LogP contribution in [0.3, 0.4) is 0 Å². The molecule has 124 valence electrons. The summed E-state index contributed by atoms with van der Waals surface area (Å²) in [4.78, 5) is 14.2. The molecule has 0 radical (unpaired) electrons. The maximum atomic E-state index is 12.3. The fourth-order valence-corrected chi connectivity index (χ4v) is 3.28. The van der Waals surface area contributed by atoms with Gasteiger partial charge in [0.15, 0.2) is 0 Å². The van der Waals surface area contributed by atoms with E-state index >= 15 is 0 Å². The van der Waals surface area contributed by atoms with Crippen LogP contribution in [0.1, 0.15) is 24.8 Å². The Hall–Kier alpha value is -0.780. The SMILES string of the molecule is COc1ccc(CCC(=O)N(C)C2CCNCC2)cc1Br.Cl. The van der Waals surface area contributed by atoms with Crippen molar-refractivity contribution in [2.75, 3.05) is 27.2 Å². The molecule has 0 aliphatic carbocycles. The molecule has 2 rings (SSSR count). The Labute approximate surface area is 147 Å². The highest BCUT2D eigenvalue weighted by molar-refractivity contribution is 9.10. The third-order valence-corrected chi connectivity index (χ3v) is 4.71. The third kappa shape index (κ3) is 5.14. The monoisotopic (exact) mass is 390 g/mol. The summed E-state index contributed by atoms with van der Waals surface area (Å²) in [6, 6.07) is 6.36. The lowest BCUT2D eigenvalue weighted by Crippen LogP contribution is -2.44. The zero-order valence-electron chi connectivity index (χ0n) is 13.1. The molecule has 1 N–H and O–H groups in total. The maximum Gasteiger partial charge on any atom is 0.222 e. The van der Waals surface area contributed by atoms with Gasteiger partial charge in [-0.05, 0) is 66.0 Å². The number of aryl methyl sites for hydroxylation is 1. The highest BCUT2D eigenvalue weighted by Gasteiger charge is 2.21. The van der Waals surface area contributed by atoms with Crippen molar-refractivity contribution in [1.29, 1.82) is 0 Å². The molecule has 4 nitrogen and oxygen atoms in total. The standard InChI is InChI=1S/C16H23BrN2O2.ClH/c1-19(13-7-9-18-10-8-13)16(20)6-4-12-3-5-15(21-2)14(17)11-12;/h3,5,11,13,18H,4,6-10H2,1-2H3;1H. The molecule has 0 atom stereocenters. The number of nitrogens with one attached hydrogen (secondary N) is 1. The van der Waals surface area contributed by atoms with Gasteiger partial charge < -0.3 is 15.0 Å². The fraction of sp³-hybridized carbons (Fsp3) is 0.562. The lowest BCUT2D eigenvalue weighted by Gasteiger charge is -2.31. The van der Waals surface area contributed by atoms with Gasteiger partial charge in [-0.15, -0.1) is 12.4 Å².